The van der Waals surface area contributed by atoms with Crippen LogP contribution in [0.4, 0.5) is 0 Å². The van der Waals surface area contributed by atoms with Gasteiger partial charge in [0.1, 0.15) is 11.6 Å². The minimum absolute atomic E-state index is 0.164. The zero-order chi connectivity index (χ0) is 15.8. The zero-order valence-corrected chi connectivity index (χ0v) is 12.4. The summed E-state index contributed by atoms with van der Waals surface area (Å²) >= 11 is 0. The normalized spacial score (nSPS) is 11.0. The smallest absolute Gasteiger partial charge is 0.267 e. The van der Waals surface area contributed by atoms with E-state index in [0.717, 1.165) is 5.56 Å². The lowest BCUT2D eigenvalue weighted by molar-refractivity contribution is 0.394. The predicted octanol–water partition coefficient (Wildman–Crippen LogP) is 3.35. The van der Waals surface area contributed by atoms with E-state index >= 15 is 0 Å². The lowest BCUT2D eigenvalue weighted by Crippen LogP contribution is -2.22. The number of aromatic nitrogens is 3. The quantitative estimate of drug-likeness (QED) is 0.570. The molecule has 0 spiro atoms. The van der Waals surface area contributed by atoms with Crippen molar-refractivity contribution in [2.45, 2.75) is 6.92 Å². The van der Waals surface area contributed by atoms with Crippen LogP contribution < -0.4 is 5.56 Å². The van der Waals surface area contributed by atoms with E-state index in [-0.39, 0.29) is 5.56 Å². The Morgan fingerprint density at radius 1 is 1.00 bits per heavy atom. The van der Waals surface area contributed by atoms with E-state index in [4.69, 9.17) is 4.52 Å². The first-order valence-electron chi connectivity index (χ1n) is 7.25. The standard InChI is InChI=1S/C18H13N3O2/c1-12-11-16(20-23-12)21-17(13-7-3-2-4-8-13)19-15-10-6-5-9-14(15)18(21)22/h2-11H,1H3. The van der Waals surface area contributed by atoms with Gasteiger partial charge in [-0.15, -0.1) is 0 Å². The second-order valence-electron chi connectivity index (χ2n) is 5.25. The third-order valence-electron chi connectivity index (χ3n) is 3.65. The Morgan fingerprint density at radius 2 is 1.74 bits per heavy atom. The minimum atomic E-state index is -0.164. The van der Waals surface area contributed by atoms with E-state index in [1.807, 2.05) is 48.5 Å². The molecule has 0 aliphatic carbocycles. The summed E-state index contributed by atoms with van der Waals surface area (Å²) in [4.78, 5) is 17.6. The lowest BCUT2D eigenvalue weighted by Gasteiger charge is -2.11. The van der Waals surface area contributed by atoms with Gasteiger partial charge in [0, 0.05) is 11.6 Å². The van der Waals surface area contributed by atoms with Crippen molar-refractivity contribution in [3.8, 4) is 17.2 Å². The van der Waals surface area contributed by atoms with Crippen LogP contribution in [-0.2, 0) is 0 Å². The third kappa shape index (κ3) is 2.23. The molecule has 0 amide bonds. The molecule has 2 heterocycles. The number of nitrogens with zero attached hydrogens (tertiary/aromatic N) is 3. The van der Waals surface area contributed by atoms with Crippen molar-refractivity contribution < 1.29 is 4.52 Å². The molecule has 4 rings (SSSR count). The van der Waals surface area contributed by atoms with Crippen molar-refractivity contribution in [2.75, 3.05) is 0 Å². The van der Waals surface area contributed by atoms with Crippen LogP contribution in [0.1, 0.15) is 5.76 Å². The average molecular weight is 303 g/mol. The highest BCUT2D eigenvalue weighted by Crippen LogP contribution is 2.21. The minimum Gasteiger partial charge on any atom is -0.360 e. The molecule has 0 fully saturated rings. The van der Waals surface area contributed by atoms with Crippen LogP contribution in [0.15, 0.2) is 70.0 Å². The monoisotopic (exact) mass is 303 g/mol. The Kier molecular flexibility index (Phi) is 3.05. The summed E-state index contributed by atoms with van der Waals surface area (Å²) in [6.07, 6.45) is 0. The van der Waals surface area contributed by atoms with E-state index in [2.05, 4.69) is 10.1 Å². The molecule has 4 aromatic rings. The van der Waals surface area contributed by atoms with Gasteiger partial charge in [-0.25, -0.2) is 9.55 Å². The van der Waals surface area contributed by atoms with E-state index in [0.29, 0.717) is 28.3 Å². The van der Waals surface area contributed by atoms with E-state index < -0.39 is 0 Å². The fourth-order valence-corrected chi connectivity index (χ4v) is 2.58. The lowest BCUT2D eigenvalue weighted by atomic mass is 10.2. The molecular formula is C18H13N3O2. The third-order valence-corrected chi connectivity index (χ3v) is 3.65. The maximum Gasteiger partial charge on any atom is 0.267 e. The van der Waals surface area contributed by atoms with Crippen LogP contribution in [0, 0.1) is 6.92 Å². The van der Waals surface area contributed by atoms with Crippen LogP contribution in [-0.4, -0.2) is 14.7 Å². The van der Waals surface area contributed by atoms with Crippen molar-refractivity contribution in [3.05, 3.63) is 76.8 Å². The molecule has 0 saturated heterocycles. The van der Waals surface area contributed by atoms with E-state index in [9.17, 15) is 4.79 Å². The molecule has 0 atom stereocenters. The van der Waals surface area contributed by atoms with Gasteiger partial charge in [-0.05, 0) is 19.1 Å². The average Bonchev–Trinajstić information content (AvgIpc) is 3.01. The summed E-state index contributed by atoms with van der Waals surface area (Å²) in [5.41, 5.74) is 1.34. The number of benzene rings is 2. The van der Waals surface area contributed by atoms with Crippen molar-refractivity contribution in [2.24, 2.45) is 0 Å². The fourth-order valence-electron chi connectivity index (χ4n) is 2.58. The molecule has 2 aromatic heterocycles. The first-order valence-corrected chi connectivity index (χ1v) is 7.25. The van der Waals surface area contributed by atoms with Gasteiger partial charge in [0.2, 0.25) is 0 Å². The van der Waals surface area contributed by atoms with Crippen LogP contribution >= 0.6 is 0 Å². The predicted molar refractivity (Wildman–Crippen MR) is 87.6 cm³/mol. The molecule has 0 saturated carbocycles. The van der Waals surface area contributed by atoms with Crippen molar-refractivity contribution in [3.63, 3.8) is 0 Å². The Hall–Kier alpha value is -3.21. The van der Waals surface area contributed by atoms with Gasteiger partial charge in [-0.2, -0.15) is 0 Å². The summed E-state index contributed by atoms with van der Waals surface area (Å²) in [7, 11) is 0. The molecule has 0 bridgehead atoms. The maximum absolute atomic E-state index is 13.0. The van der Waals surface area contributed by atoms with Crippen molar-refractivity contribution in [1.82, 2.24) is 14.7 Å². The highest BCUT2D eigenvalue weighted by Gasteiger charge is 2.16. The van der Waals surface area contributed by atoms with Crippen LogP contribution in [0.25, 0.3) is 28.1 Å². The van der Waals surface area contributed by atoms with Gasteiger partial charge in [0.05, 0.1) is 10.9 Å². The molecule has 0 unspecified atom stereocenters. The molecule has 5 heteroatoms. The number of aryl methyl sites for hydroxylation is 1. The Balaban J connectivity index is 2.13. The number of rotatable bonds is 2. The highest BCUT2D eigenvalue weighted by molar-refractivity contribution is 5.80. The van der Waals surface area contributed by atoms with E-state index in [1.54, 1.807) is 19.1 Å². The molecule has 5 nitrogen and oxygen atoms in total. The molecule has 23 heavy (non-hydrogen) atoms. The Labute approximate surface area is 131 Å². The first kappa shape index (κ1) is 13.5. The Morgan fingerprint density at radius 3 is 2.48 bits per heavy atom. The first-order chi connectivity index (χ1) is 11.2. The molecule has 0 radical (unpaired) electrons. The highest BCUT2D eigenvalue weighted by atomic mass is 16.5. The van der Waals surface area contributed by atoms with Gasteiger partial charge >= 0.3 is 0 Å². The summed E-state index contributed by atoms with van der Waals surface area (Å²) in [5, 5.41) is 4.54. The Bertz CT molecular complexity index is 1050. The van der Waals surface area contributed by atoms with Gasteiger partial charge in [-0.3, -0.25) is 4.79 Å². The topological polar surface area (TPSA) is 60.9 Å². The summed E-state index contributed by atoms with van der Waals surface area (Å²) in [6.45, 7) is 1.79. The van der Waals surface area contributed by atoms with Crippen LogP contribution in [0.5, 0.6) is 0 Å². The van der Waals surface area contributed by atoms with E-state index in [1.165, 1.54) is 4.57 Å². The van der Waals surface area contributed by atoms with Crippen molar-refractivity contribution >= 4 is 10.9 Å². The maximum atomic E-state index is 13.0. The largest absolute Gasteiger partial charge is 0.360 e. The fraction of sp³-hybridized carbons (Fsp3) is 0.0556. The van der Waals surface area contributed by atoms with Crippen molar-refractivity contribution in [1.29, 1.82) is 0 Å². The molecule has 0 N–H and O–H groups in total. The second-order valence-corrected chi connectivity index (χ2v) is 5.25. The number of hydrogen-bond donors (Lipinski definition) is 0. The number of fused-ring (bicyclic) bond motifs is 1. The van der Waals surface area contributed by atoms with Crippen LogP contribution in [0.3, 0.4) is 0 Å². The molecule has 0 aliphatic heterocycles. The second kappa shape index (κ2) is 5.21. The molecule has 2 aromatic carbocycles. The summed E-state index contributed by atoms with van der Waals surface area (Å²) < 4.78 is 6.63. The van der Waals surface area contributed by atoms with Gasteiger partial charge in [0.25, 0.3) is 5.56 Å². The number of para-hydroxylation sites is 1. The SMILES string of the molecule is Cc1cc(-n2c(-c3ccccc3)nc3ccccc3c2=O)no1. The van der Waals surface area contributed by atoms with Crippen LogP contribution in [0.2, 0.25) is 0 Å². The van der Waals surface area contributed by atoms with Gasteiger partial charge < -0.3 is 4.52 Å². The number of hydrogen-bond acceptors (Lipinski definition) is 4. The summed E-state index contributed by atoms with van der Waals surface area (Å²) in [6, 6.07) is 18.6. The van der Waals surface area contributed by atoms with Gasteiger partial charge in [0.15, 0.2) is 5.82 Å². The van der Waals surface area contributed by atoms with Gasteiger partial charge in [-0.1, -0.05) is 47.6 Å². The molecule has 0 aliphatic rings. The molecular weight excluding hydrogens is 290 g/mol. The summed E-state index contributed by atoms with van der Waals surface area (Å²) in [5.74, 6) is 1.62. The molecule has 112 valence electrons. The zero-order valence-electron chi connectivity index (χ0n) is 12.4.